The van der Waals surface area contributed by atoms with E-state index < -0.39 is 10.0 Å². The van der Waals surface area contributed by atoms with Crippen molar-refractivity contribution in [1.82, 2.24) is 4.98 Å². The molecule has 2 aromatic carbocycles. The predicted octanol–water partition coefficient (Wildman–Crippen LogP) is 5.11. The number of benzene rings is 2. The summed E-state index contributed by atoms with van der Waals surface area (Å²) in [6.45, 7) is 2.47. The van der Waals surface area contributed by atoms with Gasteiger partial charge in [0.25, 0.3) is 10.0 Å². The number of fused-ring (bicyclic) bond motifs is 3. The summed E-state index contributed by atoms with van der Waals surface area (Å²) < 4.78 is 34.3. The molecule has 2 N–H and O–H groups in total. The number of ether oxygens (including phenoxy) is 1. The fourth-order valence-corrected chi connectivity index (χ4v) is 5.72. The molecule has 0 saturated carbocycles. The summed E-state index contributed by atoms with van der Waals surface area (Å²) in [7, 11) is -3.72. The zero-order valence-corrected chi connectivity index (χ0v) is 18.5. The van der Waals surface area contributed by atoms with Crippen LogP contribution in [-0.2, 0) is 10.0 Å². The number of rotatable bonds is 6. The lowest BCUT2D eigenvalue weighted by Gasteiger charge is -2.37. The molecule has 0 saturated heterocycles. The summed E-state index contributed by atoms with van der Waals surface area (Å²) in [5.41, 5.74) is 3.62. The second kappa shape index (κ2) is 8.31. The van der Waals surface area contributed by atoms with Crippen LogP contribution < -0.4 is 14.8 Å². The van der Waals surface area contributed by atoms with Gasteiger partial charge in [-0.3, -0.25) is 9.71 Å². The molecule has 0 radical (unpaired) electrons. The molecule has 3 unspecified atom stereocenters. The first-order valence-electron chi connectivity index (χ1n) is 10.8. The molecule has 5 rings (SSSR count). The highest BCUT2D eigenvalue weighted by atomic mass is 32.2. The molecule has 2 aliphatic rings. The fraction of sp³-hybridized carbons (Fsp3) is 0.240. The smallest absolute Gasteiger partial charge is 0.261 e. The van der Waals surface area contributed by atoms with Gasteiger partial charge in [-0.2, -0.15) is 0 Å². The van der Waals surface area contributed by atoms with Crippen LogP contribution >= 0.6 is 0 Å². The molecule has 0 fully saturated rings. The molecule has 1 aliphatic carbocycles. The monoisotopic (exact) mass is 447 g/mol. The molecular formula is C25H25N3O3S. The maximum atomic E-state index is 13.1. The number of anilines is 2. The van der Waals surface area contributed by atoms with Crippen molar-refractivity contribution in [3.8, 4) is 5.75 Å². The van der Waals surface area contributed by atoms with Crippen molar-refractivity contribution in [2.75, 3.05) is 16.6 Å². The molecule has 1 aliphatic heterocycles. The van der Waals surface area contributed by atoms with Gasteiger partial charge in [0.2, 0.25) is 0 Å². The van der Waals surface area contributed by atoms with E-state index in [1.807, 2.05) is 25.3 Å². The van der Waals surface area contributed by atoms with E-state index >= 15 is 0 Å². The van der Waals surface area contributed by atoms with Crippen molar-refractivity contribution in [1.29, 1.82) is 0 Å². The second-order valence-electron chi connectivity index (χ2n) is 8.07. The third-order valence-electron chi connectivity index (χ3n) is 6.11. The van der Waals surface area contributed by atoms with Crippen molar-refractivity contribution in [2.45, 2.75) is 30.2 Å². The Morgan fingerprint density at radius 1 is 1.16 bits per heavy atom. The topological polar surface area (TPSA) is 80.3 Å². The van der Waals surface area contributed by atoms with Gasteiger partial charge in [0.15, 0.2) is 0 Å². The first-order valence-corrected chi connectivity index (χ1v) is 12.3. The summed E-state index contributed by atoms with van der Waals surface area (Å²) in [4.78, 5) is 4.53. The number of sulfonamides is 1. The van der Waals surface area contributed by atoms with E-state index in [1.165, 1.54) is 0 Å². The Labute approximate surface area is 188 Å². The van der Waals surface area contributed by atoms with Crippen LogP contribution in [-0.4, -0.2) is 20.0 Å². The summed E-state index contributed by atoms with van der Waals surface area (Å²) >= 11 is 0. The molecule has 0 amide bonds. The highest BCUT2D eigenvalue weighted by Crippen LogP contribution is 2.50. The maximum absolute atomic E-state index is 13.1. The molecule has 1 aromatic heterocycles. The van der Waals surface area contributed by atoms with Gasteiger partial charge in [-0.05, 0) is 78.9 Å². The summed E-state index contributed by atoms with van der Waals surface area (Å²) in [6.07, 6.45) is 9.01. The number of hydrogen-bond donors (Lipinski definition) is 2. The quantitative estimate of drug-likeness (QED) is 0.514. The molecule has 0 spiro atoms. The Morgan fingerprint density at radius 2 is 2.00 bits per heavy atom. The lowest BCUT2D eigenvalue weighted by molar-refractivity contribution is 0.340. The Bertz CT molecular complexity index is 1240. The average molecular weight is 448 g/mol. The molecule has 32 heavy (non-hydrogen) atoms. The molecular weight excluding hydrogens is 422 g/mol. The van der Waals surface area contributed by atoms with Crippen molar-refractivity contribution < 1.29 is 13.2 Å². The highest BCUT2D eigenvalue weighted by Gasteiger charge is 2.38. The molecule has 0 bridgehead atoms. The Hall–Kier alpha value is -3.32. The van der Waals surface area contributed by atoms with Crippen LogP contribution in [0.2, 0.25) is 0 Å². The Morgan fingerprint density at radius 3 is 2.75 bits per heavy atom. The minimum atomic E-state index is -3.72. The number of nitrogens with zero attached hydrogens (tertiary/aromatic N) is 1. The molecule has 2 heterocycles. The fourth-order valence-electron chi connectivity index (χ4n) is 4.63. The van der Waals surface area contributed by atoms with E-state index in [9.17, 15) is 8.42 Å². The lowest BCUT2D eigenvalue weighted by Crippen LogP contribution is -2.29. The van der Waals surface area contributed by atoms with E-state index in [4.69, 9.17) is 4.74 Å². The second-order valence-corrected chi connectivity index (χ2v) is 9.76. The van der Waals surface area contributed by atoms with Crippen LogP contribution in [0.15, 0.2) is 84.0 Å². The average Bonchev–Trinajstić information content (AvgIpc) is 3.30. The standard InChI is InChI=1S/C25H25N3O3S/c1-2-31-19-10-8-18(9-11-19)28-32(29,30)20-12-13-24-23(15-20)21-6-3-7-22(21)25(27-24)17-5-4-14-26-16-17/h3-6,8-16,21-22,25,27-28H,2,7H2,1H3. The van der Waals surface area contributed by atoms with E-state index in [-0.39, 0.29) is 16.9 Å². The van der Waals surface area contributed by atoms with Gasteiger partial charge in [0, 0.05) is 29.7 Å². The zero-order chi connectivity index (χ0) is 22.1. The molecule has 3 atom stereocenters. The Balaban J connectivity index is 1.43. The van der Waals surface area contributed by atoms with Crippen molar-refractivity contribution in [3.05, 3.63) is 90.3 Å². The largest absolute Gasteiger partial charge is 0.494 e. The minimum Gasteiger partial charge on any atom is -0.494 e. The van der Waals surface area contributed by atoms with Crippen LogP contribution in [0.1, 0.15) is 36.4 Å². The van der Waals surface area contributed by atoms with Crippen LogP contribution in [0.25, 0.3) is 0 Å². The molecule has 3 aromatic rings. The normalized spacial score (nSPS) is 21.3. The van der Waals surface area contributed by atoms with Gasteiger partial charge >= 0.3 is 0 Å². The minimum absolute atomic E-state index is 0.139. The third-order valence-corrected chi connectivity index (χ3v) is 7.48. The van der Waals surface area contributed by atoms with Crippen LogP contribution in [0.3, 0.4) is 0 Å². The number of pyridine rings is 1. The molecule has 6 nitrogen and oxygen atoms in total. The number of allylic oxidation sites excluding steroid dienone is 2. The first-order chi connectivity index (χ1) is 15.5. The SMILES string of the molecule is CCOc1ccc(NS(=O)(=O)c2ccc3c(c2)C2C=CCC2C(c2cccnc2)N3)cc1. The van der Waals surface area contributed by atoms with E-state index in [2.05, 4.69) is 33.2 Å². The lowest BCUT2D eigenvalue weighted by atomic mass is 9.77. The number of hydrogen-bond acceptors (Lipinski definition) is 5. The van der Waals surface area contributed by atoms with E-state index in [0.29, 0.717) is 24.0 Å². The van der Waals surface area contributed by atoms with Gasteiger partial charge in [0.05, 0.1) is 17.5 Å². The van der Waals surface area contributed by atoms with Crippen molar-refractivity contribution >= 4 is 21.4 Å². The Kier molecular flexibility index (Phi) is 5.35. The van der Waals surface area contributed by atoms with Gasteiger partial charge < -0.3 is 10.1 Å². The van der Waals surface area contributed by atoms with Gasteiger partial charge in [-0.1, -0.05) is 18.2 Å². The summed E-state index contributed by atoms with van der Waals surface area (Å²) in [6, 6.07) is 16.4. The summed E-state index contributed by atoms with van der Waals surface area (Å²) in [5.74, 6) is 1.19. The third kappa shape index (κ3) is 3.84. The van der Waals surface area contributed by atoms with Gasteiger partial charge in [0.1, 0.15) is 5.75 Å². The van der Waals surface area contributed by atoms with Gasteiger partial charge in [-0.25, -0.2) is 8.42 Å². The molecule has 164 valence electrons. The van der Waals surface area contributed by atoms with Crippen molar-refractivity contribution in [2.24, 2.45) is 5.92 Å². The van der Waals surface area contributed by atoms with Gasteiger partial charge in [-0.15, -0.1) is 0 Å². The van der Waals surface area contributed by atoms with Crippen LogP contribution in [0.5, 0.6) is 5.75 Å². The number of nitrogens with one attached hydrogen (secondary N) is 2. The zero-order valence-electron chi connectivity index (χ0n) is 17.7. The van der Waals surface area contributed by atoms with Crippen LogP contribution in [0.4, 0.5) is 11.4 Å². The van der Waals surface area contributed by atoms with E-state index in [1.54, 1.807) is 42.6 Å². The highest BCUT2D eigenvalue weighted by molar-refractivity contribution is 7.92. The number of aromatic nitrogens is 1. The van der Waals surface area contributed by atoms with Crippen molar-refractivity contribution in [3.63, 3.8) is 0 Å². The van der Waals surface area contributed by atoms with Crippen LogP contribution in [0, 0.1) is 5.92 Å². The maximum Gasteiger partial charge on any atom is 0.261 e. The summed E-state index contributed by atoms with van der Waals surface area (Å²) in [5, 5.41) is 3.62. The molecule has 7 heteroatoms. The van der Waals surface area contributed by atoms with E-state index in [0.717, 1.165) is 23.2 Å². The predicted molar refractivity (Wildman–Crippen MR) is 125 cm³/mol. The first kappa shape index (κ1) is 20.6.